The van der Waals surface area contributed by atoms with Gasteiger partial charge in [-0.25, -0.2) is 17.2 Å². The summed E-state index contributed by atoms with van der Waals surface area (Å²) in [7, 11) is -3.70. The summed E-state index contributed by atoms with van der Waals surface area (Å²) in [6.07, 6.45) is -0.555. The van der Waals surface area contributed by atoms with Crippen molar-refractivity contribution in [2.45, 2.75) is 11.0 Å². The number of hydrogen-bond donors (Lipinski definition) is 0. The molecular weight excluding hydrogens is 517 g/mol. The van der Waals surface area contributed by atoms with Crippen LogP contribution in [0.2, 0.25) is 10.0 Å². The summed E-state index contributed by atoms with van der Waals surface area (Å²) in [4.78, 5) is 2.17. The van der Waals surface area contributed by atoms with Gasteiger partial charge in [-0.1, -0.05) is 59.6 Å². The molecule has 0 N–H and O–H groups in total. The van der Waals surface area contributed by atoms with Gasteiger partial charge >= 0.3 is 0 Å². The minimum absolute atomic E-state index is 0.0732. The van der Waals surface area contributed by atoms with Gasteiger partial charge in [0.2, 0.25) is 10.0 Å². The van der Waals surface area contributed by atoms with Crippen LogP contribution in [-0.4, -0.2) is 57.0 Å². The monoisotopic (exact) mass is 540 g/mol. The molecule has 35 heavy (non-hydrogen) atoms. The Morgan fingerprint density at radius 2 is 1.49 bits per heavy atom. The van der Waals surface area contributed by atoms with Gasteiger partial charge in [-0.15, -0.1) is 0 Å². The Balaban J connectivity index is 1.36. The van der Waals surface area contributed by atoms with E-state index in [2.05, 4.69) is 4.90 Å². The van der Waals surface area contributed by atoms with E-state index < -0.39 is 27.8 Å². The molecule has 1 saturated heterocycles. The average molecular weight is 541 g/mol. The van der Waals surface area contributed by atoms with Crippen molar-refractivity contribution in [3.63, 3.8) is 0 Å². The molecule has 0 bridgehead atoms. The second-order valence-corrected chi connectivity index (χ2v) is 11.0. The second kappa shape index (κ2) is 11.3. The van der Waals surface area contributed by atoms with Gasteiger partial charge < -0.3 is 4.74 Å². The van der Waals surface area contributed by atoms with Gasteiger partial charge in [-0.2, -0.15) is 4.31 Å². The summed E-state index contributed by atoms with van der Waals surface area (Å²) in [5.74, 6) is -1.83. The van der Waals surface area contributed by atoms with Crippen molar-refractivity contribution >= 4 is 33.2 Å². The minimum Gasteiger partial charge on any atom is -0.367 e. The van der Waals surface area contributed by atoms with Crippen LogP contribution in [0.15, 0.2) is 71.6 Å². The van der Waals surface area contributed by atoms with Crippen molar-refractivity contribution in [1.82, 2.24) is 9.21 Å². The summed E-state index contributed by atoms with van der Waals surface area (Å²) < 4.78 is 60.8. The number of rotatable bonds is 8. The van der Waals surface area contributed by atoms with Crippen molar-refractivity contribution < 1.29 is 21.9 Å². The van der Waals surface area contributed by atoms with Crippen molar-refractivity contribution in [1.29, 1.82) is 0 Å². The number of hydrogen-bond acceptors (Lipinski definition) is 4. The first kappa shape index (κ1) is 26.0. The first-order chi connectivity index (χ1) is 16.7. The zero-order valence-corrected chi connectivity index (χ0v) is 21.0. The molecule has 186 valence electrons. The van der Waals surface area contributed by atoms with Crippen LogP contribution in [0.1, 0.15) is 17.2 Å². The first-order valence-corrected chi connectivity index (χ1v) is 13.2. The summed E-state index contributed by atoms with van der Waals surface area (Å²) in [6, 6.07) is 17.4. The van der Waals surface area contributed by atoms with E-state index in [0.717, 1.165) is 17.7 Å². The van der Waals surface area contributed by atoms with E-state index in [1.54, 1.807) is 0 Å². The number of piperazine rings is 1. The topological polar surface area (TPSA) is 49.9 Å². The molecular formula is C25H24Cl2F2N2O3S. The molecule has 1 aliphatic heterocycles. The lowest BCUT2D eigenvalue weighted by Gasteiger charge is -2.34. The Bertz CT molecular complexity index is 1250. The fourth-order valence-corrected chi connectivity index (χ4v) is 6.16. The number of ether oxygens (including phenoxy) is 1. The van der Waals surface area contributed by atoms with E-state index in [-0.39, 0.29) is 14.9 Å². The molecule has 1 fully saturated rings. The number of benzene rings is 3. The van der Waals surface area contributed by atoms with E-state index in [1.807, 2.05) is 30.3 Å². The van der Waals surface area contributed by atoms with Crippen LogP contribution in [0.4, 0.5) is 8.78 Å². The fourth-order valence-electron chi connectivity index (χ4n) is 4.01. The predicted molar refractivity (Wildman–Crippen MR) is 132 cm³/mol. The molecule has 4 rings (SSSR count). The molecule has 0 aromatic heterocycles. The Morgan fingerprint density at radius 3 is 2.11 bits per heavy atom. The molecule has 1 atom stereocenters. The summed E-state index contributed by atoms with van der Waals surface area (Å²) in [5.41, 5.74) is 1.35. The minimum atomic E-state index is -3.70. The molecule has 1 heterocycles. The molecule has 5 nitrogen and oxygen atoms in total. The lowest BCUT2D eigenvalue weighted by atomic mass is 10.0. The second-order valence-electron chi connectivity index (χ2n) is 8.19. The Morgan fingerprint density at radius 1 is 0.829 bits per heavy atom. The van der Waals surface area contributed by atoms with Gasteiger partial charge in [-0.3, -0.25) is 4.90 Å². The maximum Gasteiger partial charge on any atom is 0.243 e. The maximum atomic E-state index is 13.9. The maximum absolute atomic E-state index is 13.9. The summed E-state index contributed by atoms with van der Waals surface area (Å²) >= 11 is 12.0. The standard InChI is InChI=1S/C25H24Cl2F2N2O3S/c26-20-15-21(27)17-22(16-20)35(32,33)31-10-8-30(9-11-31)12-13-34-25(18-4-2-1-3-5-18)19-6-7-23(28)24(29)14-19/h1-7,14-17,25H,8-13H2. The molecule has 10 heteroatoms. The largest absolute Gasteiger partial charge is 0.367 e. The van der Waals surface area contributed by atoms with Crippen molar-refractivity contribution in [3.05, 3.63) is 99.5 Å². The first-order valence-electron chi connectivity index (χ1n) is 11.0. The van der Waals surface area contributed by atoms with E-state index in [0.29, 0.717) is 44.9 Å². The Hall–Kier alpha value is -2.07. The zero-order valence-electron chi connectivity index (χ0n) is 18.7. The molecule has 0 saturated carbocycles. The zero-order chi connectivity index (χ0) is 25.0. The molecule has 1 unspecified atom stereocenters. The SMILES string of the molecule is O=S(=O)(c1cc(Cl)cc(Cl)c1)N1CCN(CCOC(c2ccccc2)c2ccc(F)c(F)c2)CC1. The highest BCUT2D eigenvalue weighted by Gasteiger charge is 2.29. The highest BCUT2D eigenvalue weighted by Crippen LogP contribution is 2.28. The quantitative estimate of drug-likeness (QED) is 0.384. The highest BCUT2D eigenvalue weighted by atomic mass is 35.5. The molecule has 1 aliphatic rings. The lowest BCUT2D eigenvalue weighted by molar-refractivity contribution is 0.0525. The smallest absolute Gasteiger partial charge is 0.243 e. The van der Waals surface area contributed by atoms with Crippen molar-refractivity contribution in [3.8, 4) is 0 Å². The normalized spacial score (nSPS) is 16.3. The third-order valence-electron chi connectivity index (χ3n) is 5.85. The third-order valence-corrected chi connectivity index (χ3v) is 8.16. The third kappa shape index (κ3) is 6.39. The van der Waals surface area contributed by atoms with Gasteiger partial charge in [0, 0.05) is 42.8 Å². The van der Waals surface area contributed by atoms with E-state index in [9.17, 15) is 17.2 Å². The van der Waals surface area contributed by atoms with Gasteiger partial charge in [0.05, 0.1) is 11.5 Å². The van der Waals surface area contributed by atoms with E-state index in [1.165, 1.54) is 28.6 Å². The molecule has 0 aliphatic carbocycles. The summed E-state index contributed by atoms with van der Waals surface area (Å²) in [5, 5.41) is 0.529. The van der Waals surface area contributed by atoms with Gasteiger partial charge in [0.15, 0.2) is 11.6 Å². The van der Waals surface area contributed by atoms with Crippen molar-refractivity contribution in [2.24, 2.45) is 0 Å². The van der Waals surface area contributed by atoms with Gasteiger partial charge in [0.25, 0.3) is 0 Å². The van der Waals surface area contributed by atoms with Crippen LogP contribution in [0.25, 0.3) is 0 Å². The van der Waals surface area contributed by atoms with Crippen LogP contribution in [-0.2, 0) is 14.8 Å². The van der Waals surface area contributed by atoms with Gasteiger partial charge in [0.1, 0.15) is 6.10 Å². The lowest BCUT2D eigenvalue weighted by Crippen LogP contribution is -2.49. The molecule has 0 spiro atoms. The van der Waals surface area contributed by atoms with Crippen LogP contribution >= 0.6 is 23.2 Å². The fraction of sp³-hybridized carbons (Fsp3) is 0.280. The van der Waals surface area contributed by atoms with Crippen LogP contribution in [0, 0.1) is 11.6 Å². The van der Waals surface area contributed by atoms with Crippen LogP contribution < -0.4 is 0 Å². The molecule has 0 radical (unpaired) electrons. The van der Waals surface area contributed by atoms with E-state index >= 15 is 0 Å². The Kier molecular flexibility index (Phi) is 8.42. The molecule has 3 aromatic carbocycles. The number of nitrogens with zero attached hydrogens (tertiary/aromatic N) is 2. The predicted octanol–water partition coefficient (Wildman–Crippen LogP) is 5.38. The van der Waals surface area contributed by atoms with E-state index in [4.69, 9.17) is 27.9 Å². The van der Waals surface area contributed by atoms with Gasteiger partial charge in [-0.05, 0) is 41.5 Å². The molecule has 0 amide bonds. The number of sulfonamides is 1. The number of halogens is 4. The molecule has 3 aromatic rings. The summed E-state index contributed by atoms with van der Waals surface area (Å²) in [6.45, 7) is 2.57. The van der Waals surface area contributed by atoms with Crippen molar-refractivity contribution in [2.75, 3.05) is 39.3 Å². The Labute approximate surface area is 213 Å². The van der Waals surface area contributed by atoms with Crippen LogP contribution in [0.5, 0.6) is 0 Å². The highest BCUT2D eigenvalue weighted by molar-refractivity contribution is 7.89. The van der Waals surface area contributed by atoms with Crippen LogP contribution in [0.3, 0.4) is 0 Å². The average Bonchev–Trinajstić information content (AvgIpc) is 2.84.